The maximum absolute atomic E-state index is 13.0. The molecule has 2 aromatic rings. The van der Waals surface area contributed by atoms with Crippen LogP contribution in [0.25, 0.3) is 0 Å². The number of halogens is 3. The Bertz CT molecular complexity index is 625. The quantitative estimate of drug-likeness (QED) is 0.870. The van der Waals surface area contributed by atoms with E-state index < -0.39 is 17.5 Å². The molecule has 1 amide bonds. The van der Waals surface area contributed by atoms with Gasteiger partial charge in [0.2, 0.25) is 0 Å². The van der Waals surface area contributed by atoms with E-state index in [1.165, 1.54) is 12.1 Å². The third-order valence-corrected chi connectivity index (χ3v) is 2.85. The molecule has 0 radical (unpaired) electrons. The summed E-state index contributed by atoms with van der Waals surface area (Å²) < 4.78 is 31.0. The Hall–Kier alpha value is -1.88. The van der Waals surface area contributed by atoms with E-state index in [1.54, 1.807) is 6.92 Å². The Morgan fingerprint density at radius 1 is 1.32 bits per heavy atom. The summed E-state index contributed by atoms with van der Waals surface area (Å²) in [6.07, 6.45) is 0. The van der Waals surface area contributed by atoms with Crippen LogP contribution in [-0.2, 0) is 5.88 Å². The van der Waals surface area contributed by atoms with Crippen molar-refractivity contribution >= 4 is 23.2 Å². The Balaban J connectivity index is 2.18. The second kappa shape index (κ2) is 5.40. The van der Waals surface area contributed by atoms with Gasteiger partial charge in [-0.05, 0) is 25.1 Å². The van der Waals surface area contributed by atoms with E-state index in [0.29, 0.717) is 11.3 Å². The van der Waals surface area contributed by atoms with Crippen LogP contribution in [0.5, 0.6) is 0 Å². The lowest BCUT2D eigenvalue weighted by molar-refractivity contribution is 0.0995. The van der Waals surface area contributed by atoms with Crippen molar-refractivity contribution < 1.29 is 18.0 Å². The van der Waals surface area contributed by atoms with Gasteiger partial charge in [0.25, 0.3) is 5.91 Å². The molecule has 0 aliphatic rings. The molecule has 1 aromatic carbocycles. The molecule has 1 N–H and O–H groups in total. The van der Waals surface area contributed by atoms with Crippen molar-refractivity contribution in [2.45, 2.75) is 12.8 Å². The fraction of sp³-hybridized carbons (Fsp3) is 0.154. The lowest BCUT2D eigenvalue weighted by Crippen LogP contribution is -2.11. The van der Waals surface area contributed by atoms with Gasteiger partial charge in [0.1, 0.15) is 5.76 Å². The van der Waals surface area contributed by atoms with Crippen molar-refractivity contribution in [2.75, 3.05) is 5.32 Å². The number of benzene rings is 1. The summed E-state index contributed by atoms with van der Waals surface area (Å²) in [5, 5.41) is 2.41. The van der Waals surface area contributed by atoms with Crippen molar-refractivity contribution in [3.05, 3.63) is 53.0 Å². The summed E-state index contributed by atoms with van der Waals surface area (Å²) >= 11 is 5.67. The molecule has 1 heterocycles. The summed E-state index contributed by atoms with van der Waals surface area (Å²) in [5.74, 6) is -1.71. The minimum atomic E-state index is -1.03. The first kappa shape index (κ1) is 13.5. The number of nitrogens with one attached hydrogen (secondary N) is 1. The van der Waals surface area contributed by atoms with Gasteiger partial charge in [0.05, 0.1) is 5.88 Å². The van der Waals surface area contributed by atoms with E-state index in [2.05, 4.69) is 5.32 Å². The number of hydrogen-bond donors (Lipinski definition) is 1. The molecule has 0 aliphatic heterocycles. The summed E-state index contributed by atoms with van der Waals surface area (Å²) in [5.41, 5.74) is 0.850. The maximum atomic E-state index is 13.0. The maximum Gasteiger partial charge on any atom is 0.291 e. The predicted octanol–water partition coefficient (Wildman–Crippen LogP) is 3.86. The molecule has 6 heteroatoms. The summed E-state index contributed by atoms with van der Waals surface area (Å²) in [6.45, 7) is 1.69. The van der Waals surface area contributed by atoms with E-state index >= 15 is 0 Å². The van der Waals surface area contributed by atoms with E-state index in [4.69, 9.17) is 16.0 Å². The van der Waals surface area contributed by atoms with Crippen molar-refractivity contribution in [1.82, 2.24) is 0 Å². The molecule has 3 nitrogen and oxygen atoms in total. The first-order valence-electron chi connectivity index (χ1n) is 5.43. The van der Waals surface area contributed by atoms with Crippen LogP contribution >= 0.6 is 11.6 Å². The van der Waals surface area contributed by atoms with Crippen molar-refractivity contribution in [3.8, 4) is 0 Å². The minimum Gasteiger partial charge on any atom is -0.456 e. The second-order valence-electron chi connectivity index (χ2n) is 3.91. The van der Waals surface area contributed by atoms with E-state index in [1.807, 2.05) is 0 Å². The number of carbonyl (C=O) groups is 1. The van der Waals surface area contributed by atoms with E-state index in [0.717, 1.165) is 12.1 Å². The monoisotopic (exact) mass is 285 g/mol. The van der Waals surface area contributed by atoms with Crippen LogP contribution in [0.2, 0.25) is 0 Å². The molecule has 0 spiro atoms. The molecular weight excluding hydrogens is 276 g/mol. The normalized spacial score (nSPS) is 10.5. The van der Waals surface area contributed by atoms with Crippen molar-refractivity contribution in [1.29, 1.82) is 0 Å². The second-order valence-corrected chi connectivity index (χ2v) is 4.18. The highest BCUT2D eigenvalue weighted by Gasteiger charge is 2.14. The highest BCUT2D eigenvalue weighted by Crippen LogP contribution is 2.19. The van der Waals surface area contributed by atoms with Crippen LogP contribution in [0.4, 0.5) is 14.5 Å². The third-order valence-electron chi connectivity index (χ3n) is 2.57. The molecule has 0 saturated heterocycles. The van der Waals surface area contributed by atoms with Crippen molar-refractivity contribution in [2.24, 2.45) is 0 Å². The van der Waals surface area contributed by atoms with Crippen LogP contribution in [0, 0.1) is 18.6 Å². The van der Waals surface area contributed by atoms with Gasteiger partial charge in [0, 0.05) is 17.3 Å². The summed E-state index contributed by atoms with van der Waals surface area (Å²) in [4.78, 5) is 11.8. The lowest BCUT2D eigenvalue weighted by Gasteiger charge is -2.03. The molecule has 0 bridgehead atoms. The van der Waals surface area contributed by atoms with Crippen LogP contribution in [0.1, 0.15) is 21.9 Å². The van der Waals surface area contributed by atoms with Gasteiger partial charge in [-0.2, -0.15) is 0 Å². The minimum absolute atomic E-state index is 0.0675. The van der Waals surface area contributed by atoms with E-state index in [9.17, 15) is 13.6 Å². The molecule has 0 aliphatic carbocycles. The molecule has 1 aromatic heterocycles. The van der Waals surface area contributed by atoms with E-state index in [-0.39, 0.29) is 17.3 Å². The molecule has 19 heavy (non-hydrogen) atoms. The molecule has 2 rings (SSSR count). The van der Waals surface area contributed by atoms with Crippen LogP contribution in [0.15, 0.2) is 28.7 Å². The third kappa shape index (κ3) is 2.93. The Kier molecular flexibility index (Phi) is 3.85. The molecule has 0 atom stereocenters. The SMILES string of the molecule is Cc1oc(C(=O)Nc2ccc(F)c(F)c2)cc1CCl. The van der Waals surface area contributed by atoms with Crippen LogP contribution < -0.4 is 5.32 Å². The number of alkyl halides is 1. The highest BCUT2D eigenvalue weighted by molar-refractivity contribution is 6.17. The average Bonchev–Trinajstić information content (AvgIpc) is 2.75. The number of aryl methyl sites for hydroxylation is 1. The molecule has 0 saturated carbocycles. The summed E-state index contributed by atoms with van der Waals surface area (Å²) in [6, 6.07) is 4.60. The number of furan rings is 1. The average molecular weight is 286 g/mol. The molecule has 0 fully saturated rings. The largest absolute Gasteiger partial charge is 0.456 e. The summed E-state index contributed by atoms with van der Waals surface area (Å²) in [7, 11) is 0. The number of anilines is 1. The Morgan fingerprint density at radius 2 is 2.05 bits per heavy atom. The first-order chi connectivity index (χ1) is 9.01. The van der Waals surface area contributed by atoms with Gasteiger partial charge < -0.3 is 9.73 Å². The Morgan fingerprint density at radius 3 is 2.63 bits per heavy atom. The zero-order valence-corrected chi connectivity index (χ0v) is 10.7. The molecule has 100 valence electrons. The van der Waals surface area contributed by atoms with Gasteiger partial charge in [-0.15, -0.1) is 11.6 Å². The van der Waals surface area contributed by atoms with Crippen LogP contribution in [-0.4, -0.2) is 5.91 Å². The zero-order valence-electron chi connectivity index (χ0n) is 9.97. The predicted molar refractivity (Wildman–Crippen MR) is 67.3 cm³/mol. The fourth-order valence-corrected chi connectivity index (χ4v) is 1.80. The number of carbonyl (C=O) groups excluding carboxylic acids is 1. The van der Waals surface area contributed by atoms with Gasteiger partial charge >= 0.3 is 0 Å². The lowest BCUT2D eigenvalue weighted by atomic mass is 10.2. The van der Waals surface area contributed by atoms with Crippen molar-refractivity contribution in [3.63, 3.8) is 0 Å². The van der Waals surface area contributed by atoms with Gasteiger partial charge in [-0.1, -0.05) is 0 Å². The molecule has 0 unspecified atom stereocenters. The Labute approximate surface area is 113 Å². The topological polar surface area (TPSA) is 42.2 Å². The molecular formula is C13H10ClF2NO2. The van der Waals surface area contributed by atoms with Crippen LogP contribution in [0.3, 0.4) is 0 Å². The number of rotatable bonds is 3. The number of hydrogen-bond acceptors (Lipinski definition) is 2. The first-order valence-corrected chi connectivity index (χ1v) is 5.96. The van der Waals surface area contributed by atoms with Gasteiger partial charge in [-0.25, -0.2) is 8.78 Å². The zero-order chi connectivity index (χ0) is 14.0. The standard InChI is InChI=1S/C13H10ClF2NO2/c1-7-8(6-14)4-12(19-7)13(18)17-9-2-3-10(15)11(16)5-9/h2-5H,6H2,1H3,(H,17,18). The van der Waals surface area contributed by atoms with Gasteiger partial charge in [0.15, 0.2) is 17.4 Å². The number of amides is 1. The van der Waals surface area contributed by atoms with Gasteiger partial charge in [-0.3, -0.25) is 4.79 Å². The highest BCUT2D eigenvalue weighted by atomic mass is 35.5. The fourth-order valence-electron chi connectivity index (χ4n) is 1.53. The smallest absolute Gasteiger partial charge is 0.291 e.